The van der Waals surface area contributed by atoms with Gasteiger partial charge >= 0.3 is 0 Å². The molecule has 4 nitrogen and oxygen atoms in total. The summed E-state index contributed by atoms with van der Waals surface area (Å²) in [5.41, 5.74) is 2.02. The number of hydrogen-bond donors (Lipinski definition) is 0. The third-order valence-corrected chi connectivity index (χ3v) is 4.06. The van der Waals surface area contributed by atoms with Crippen LogP contribution in [0.5, 0.6) is 17.2 Å². The zero-order valence-corrected chi connectivity index (χ0v) is 14.9. The number of methoxy groups -OCH3 is 1. The molecule has 0 aliphatic carbocycles. The van der Waals surface area contributed by atoms with Crippen LogP contribution in [0.1, 0.15) is 17.5 Å². The lowest BCUT2D eigenvalue weighted by atomic mass is 10.1. The van der Waals surface area contributed by atoms with Gasteiger partial charge in [-0.15, -0.1) is 6.58 Å². The van der Waals surface area contributed by atoms with Crippen LogP contribution in [0.15, 0.2) is 55.1 Å². The van der Waals surface area contributed by atoms with Gasteiger partial charge in [0, 0.05) is 18.1 Å². The zero-order chi connectivity index (χ0) is 18.2. The van der Waals surface area contributed by atoms with Gasteiger partial charge in [-0.1, -0.05) is 30.0 Å². The van der Waals surface area contributed by atoms with E-state index in [9.17, 15) is 0 Å². The molecule has 26 heavy (non-hydrogen) atoms. The average Bonchev–Trinajstić information content (AvgIpc) is 3.15. The minimum atomic E-state index is 0.0799. The molecule has 1 aliphatic heterocycles. The Kier molecular flexibility index (Phi) is 6.19. The molecule has 0 saturated heterocycles. The Morgan fingerprint density at radius 3 is 2.73 bits per heavy atom. The molecule has 1 heterocycles. The van der Waals surface area contributed by atoms with Crippen LogP contribution >= 0.6 is 0 Å². The van der Waals surface area contributed by atoms with E-state index < -0.39 is 0 Å². The molecule has 1 atom stereocenters. The van der Waals surface area contributed by atoms with Crippen molar-refractivity contribution in [2.24, 2.45) is 5.92 Å². The first-order chi connectivity index (χ1) is 12.8. The monoisotopic (exact) mass is 350 g/mol. The molecule has 0 unspecified atom stereocenters. The molecule has 0 radical (unpaired) electrons. The van der Waals surface area contributed by atoms with E-state index in [1.54, 1.807) is 7.11 Å². The van der Waals surface area contributed by atoms with E-state index in [-0.39, 0.29) is 12.7 Å². The van der Waals surface area contributed by atoms with Crippen molar-refractivity contribution < 1.29 is 18.9 Å². The van der Waals surface area contributed by atoms with Crippen molar-refractivity contribution in [1.82, 2.24) is 0 Å². The summed E-state index contributed by atoms with van der Waals surface area (Å²) in [5, 5.41) is 0. The molecular formula is C22H22O4. The van der Waals surface area contributed by atoms with Gasteiger partial charge in [-0.25, -0.2) is 0 Å². The van der Waals surface area contributed by atoms with Gasteiger partial charge in [0.05, 0.1) is 13.7 Å². The lowest BCUT2D eigenvalue weighted by molar-refractivity contribution is 0.115. The molecule has 0 N–H and O–H groups in total. The first kappa shape index (κ1) is 17.9. The Hall–Kier alpha value is -2.90. The standard InChI is InChI=1S/C22H22O4/c1-3-17(4-5-18-8-11-21-22(14-18)26-16-25-21)12-13-24-15-19-6-9-20(23-2)10-7-19/h3,6-11,14,17H,1,12-13,15-16H2,2H3/t17-/m1/s1. The van der Waals surface area contributed by atoms with Gasteiger partial charge in [-0.3, -0.25) is 0 Å². The molecule has 3 rings (SSSR count). The normalized spacial score (nSPS) is 12.8. The third kappa shape index (κ3) is 4.81. The fourth-order valence-electron chi connectivity index (χ4n) is 2.52. The maximum absolute atomic E-state index is 5.75. The van der Waals surface area contributed by atoms with E-state index in [0.717, 1.165) is 34.8 Å². The van der Waals surface area contributed by atoms with E-state index in [0.29, 0.717) is 13.2 Å². The number of hydrogen-bond acceptors (Lipinski definition) is 4. The summed E-state index contributed by atoms with van der Waals surface area (Å²) in [4.78, 5) is 0. The van der Waals surface area contributed by atoms with Crippen molar-refractivity contribution in [1.29, 1.82) is 0 Å². The van der Waals surface area contributed by atoms with Gasteiger partial charge < -0.3 is 18.9 Å². The third-order valence-electron chi connectivity index (χ3n) is 4.06. The van der Waals surface area contributed by atoms with Crippen LogP contribution in [0, 0.1) is 17.8 Å². The predicted octanol–water partition coefficient (Wildman–Crippen LogP) is 4.18. The number of fused-ring (bicyclic) bond motifs is 1. The molecule has 0 aromatic heterocycles. The maximum atomic E-state index is 5.75. The van der Waals surface area contributed by atoms with Crippen molar-refractivity contribution in [2.45, 2.75) is 13.0 Å². The number of rotatable bonds is 7. The Bertz CT molecular complexity index is 799. The van der Waals surface area contributed by atoms with Gasteiger partial charge in [-0.2, -0.15) is 0 Å². The molecule has 2 aromatic carbocycles. The maximum Gasteiger partial charge on any atom is 0.231 e. The highest BCUT2D eigenvalue weighted by atomic mass is 16.7. The Morgan fingerprint density at radius 2 is 1.96 bits per heavy atom. The van der Waals surface area contributed by atoms with Crippen LogP contribution in [0.25, 0.3) is 0 Å². The quantitative estimate of drug-likeness (QED) is 0.426. The summed E-state index contributed by atoms with van der Waals surface area (Å²) in [7, 11) is 1.66. The van der Waals surface area contributed by atoms with E-state index in [1.807, 2.05) is 48.5 Å². The van der Waals surface area contributed by atoms with Gasteiger partial charge in [-0.05, 0) is 42.3 Å². The van der Waals surface area contributed by atoms with E-state index >= 15 is 0 Å². The predicted molar refractivity (Wildman–Crippen MR) is 100 cm³/mol. The highest BCUT2D eigenvalue weighted by molar-refractivity contribution is 5.49. The van der Waals surface area contributed by atoms with E-state index in [2.05, 4.69) is 18.4 Å². The second-order valence-corrected chi connectivity index (χ2v) is 5.87. The number of benzene rings is 2. The second-order valence-electron chi connectivity index (χ2n) is 5.87. The fraction of sp³-hybridized carbons (Fsp3) is 0.273. The molecule has 0 saturated carbocycles. The van der Waals surface area contributed by atoms with Crippen LogP contribution < -0.4 is 14.2 Å². The molecule has 1 aliphatic rings. The molecule has 134 valence electrons. The van der Waals surface area contributed by atoms with Crippen LogP contribution in [0.4, 0.5) is 0 Å². The highest BCUT2D eigenvalue weighted by Crippen LogP contribution is 2.32. The summed E-state index contributed by atoms with van der Waals surface area (Å²) < 4.78 is 21.6. The van der Waals surface area contributed by atoms with Gasteiger partial charge in [0.2, 0.25) is 6.79 Å². The van der Waals surface area contributed by atoms with Crippen molar-refractivity contribution in [3.8, 4) is 29.1 Å². The molecule has 4 heteroatoms. The van der Waals surface area contributed by atoms with Crippen molar-refractivity contribution >= 4 is 0 Å². The first-order valence-corrected chi connectivity index (χ1v) is 8.53. The minimum absolute atomic E-state index is 0.0799. The molecule has 2 aromatic rings. The summed E-state index contributed by atoms with van der Waals surface area (Å²) in [6.07, 6.45) is 2.66. The SMILES string of the molecule is C=C[C@H](C#Cc1ccc2c(c1)OCO2)CCOCc1ccc(OC)cc1. The summed E-state index contributed by atoms with van der Waals surface area (Å²) in [5.74, 6) is 8.84. The smallest absolute Gasteiger partial charge is 0.231 e. The lowest BCUT2D eigenvalue weighted by Gasteiger charge is -2.07. The largest absolute Gasteiger partial charge is 0.497 e. The topological polar surface area (TPSA) is 36.9 Å². The second kappa shape index (κ2) is 8.98. The fourth-order valence-corrected chi connectivity index (χ4v) is 2.52. The first-order valence-electron chi connectivity index (χ1n) is 8.53. The van der Waals surface area contributed by atoms with E-state index in [1.165, 1.54) is 0 Å². The van der Waals surface area contributed by atoms with Crippen LogP contribution in [0.3, 0.4) is 0 Å². The molecule has 0 fully saturated rings. The Labute approximate surface area is 154 Å². The number of ether oxygens (including phenoxy) is 4. The minimum Gasteiger partial charge on any atom is -0.497 e. The Morgan fingerprint density at radius 1 is 1.15 bits per heavy atom. The average molecular weight is 350 g/mol. The van der Waals surface area contributed by atoms with Crippen molar-refractivity contribution in [3.05, 3.63) is 66.2 Å². The van der Waals surface area contributed by atoms with Gasteiger partial charge in [0.15, 0.2) is 11.5 Å². The van der Waals surface area contributed by atoms with Crippen LogP contribution in [0.2, 0.25) is 0 Å². The molecule has 0 spiro atoms. The lowest BCUT2D eigenvalue weighted by Crippen LogP contribution is -2.01. The van der Waals surface area contributed by atoms with Gasteiger partial charge in [0.25, 0.3) is 0 Å². The summed E-state index contributed by atoms with van der Waals surface area (Å²) >= 11 is 0. The number of allylic oxidation sites excluding steroid dienone is 1. The highest BCUT2D eigenvalue weighted by Gasteiger charge is 2.12. The summed E-state index contributed by atoms with van der Waals surface area (Å²) in [6.45, 7) is 5.34. The van der Waals surface area contributed by atoms with Crippen LogP contribution in [-0.4, -0.2) is 20.5 Å². The van der Waals surface area contributed by atoms with Crippen LogP contribution in [-0.2, 0) is 11.3 Å². The summed E-state index contributed by atoms with van der Waals surface area (Å²) in [6, 6.07) is 13.6. The van der Waals surface area contributed by atoms with Gasteiger partial charge in [0.1, 0.15) is 5.75 Å². The van der Waals surface area contributed by atoms with Crippen molar-refractivity contribution in [2.75, 3.05) is 20.5 Å². The molecular weight excluding hydrogens is 328 g/mol. The van der Waals surface area contributed by atoms with E-state index in [4.69, 9.17) is 18.9 Å². The Balaban J connectivity index is 1.46. The van der Waals surface area contributed by atoms with Crippen molar-refractivity contribution in [3.63, 3.8) is 0 Å². The zero-order valence-electron chi connectivity index (χ0n) is 14.9. The molecule has 0 bridgehead atoms. The molecule has 0 amide bonds.